The van der Waals surface area contributed by atoms with Crippen LogP contribution in [-0.4, -0.2) is 4.57 Å². The van der Waals surface area contributed by atoms with E-state index in [1.807, 2.05) is 11.8 Å². The molecule has 0 amide bonds. The maximum absolute atomic E-state index is 6.40. The van der Waals surface area contributed by atoms with Crippen molar-refractivity contribution in [2.75, 3.05) is 0 Å². The molecule has 1 aliphatic heterocycles. The van der Waals surface area contributed by atoms with E-state index >= 15 is 0 Å². The quantitative estimate of drug-likeness (QED) is 0.178. The number of hydrogen-bond donors (Lipinski definition) is 0. The average Bonchev–Trinajstić information content (AvgIpc) is 4.03. The highest BCUT2D eigenvalue weighted by molar-refractivity contribution is 8.03. The molecule has 4 aliphatic rings. The second-order valence-electron chi connectivity index (χ2n) is 16.1. The summed E-state index contributed by atoms with van der Waals surface area (Å²) in [6, 6.07) is 56.1. The predicted octanol–water partition coefficient (Wildman–Crippen LogP) is 14.8. The molecule has 2 aromatic heterocycles. The Morgan fingerprint density at radius 2 is 1.40 bits per heavy atom. The van der Waals surface area contributed by atoms with Crippen molar-refractivity contribution in [3.8, 4) is 16.8 Å². The lowest BCUT2D eigenvalue weighted by Gasteiger charge is -2.35. The smallest absolute Gasteiger partial charge is 0.136 e. The molecule has 2 atom stereocenters. The molecule has 3 heteroatoms. The molecule has 2 nitrogen and oxygen atoms in total. The van der Waals surface area contributed by atoms with Crippen molar-refractivity contribution in [1.29, 1.82) is 0 Å². The number of fused-ring (bicyclic) bond motifs is 13. The molecule has 3 aliphatic carbocycles. The van der Waals surface area contributed by atoms with E-state index in [-0.39, 0.29) is 5.41 Å². The van der Waals surface area contributed by atoms with Crippen LogP contribution in [0.2, 0.25) is 0 Å². The second kappa shape index (κ2) is 12.2. The summed E-state index contributed by atoms with van der Waals surface area (Å²) in [6.07, 6.45) is 15.4. The highest BCUT2D eigenvalue weighted by Gasteiger charge is 2.47. The molecule has 0 spiro atoms. The van der Waals surface area contributed by atoms with Crippen LogP contribution in [-0.2, 0) is 5.41 Å². The zero-order valence-electron chi connectivity index (χ0n) is 31.8. The third kappa shape index (κ3) is 4.29. The normalized spacial score (nSPS) is 19.2. The highest BCUT2D eigenvalue weighted by atomic mass is 32.2. The monoisotopic (exact) mass is 759 g/mol. The van der Waals surface area contributed by atoms with Crippen molar-refractivity contribution in [3.05, 3.63) is 220 Å². The summed E-state index contributed by atoms with van der Waals surface area (Å²) >= 11 is 1.96. The molecule has 0 radical (unpaired) electrons. The largest absolute Gasteiger partial charge is 0.456 e. The lowest BCUT2D eigenvalue weighted by atomic mass is 9.66. The van der Waals surface area contributed by atoms with Crippen LogP contribution in [0, 0.1) is 0 Å². The first-order chi connectivity index (χ1) is 28.8. The number of rotatable bonds is 4. The van der Waals surface area contributed by atoms with E-state index in [9.17, 15) is 0 Å². The number of hydrogen-bond acceptors (Lipinski definition) is 2. The lowest BCUT2D eigenvalue weighted by Crippen LogP contribution is -2.29. The van der Waals surface area contributed by atoms with E-state index in [0.717, 1.165) is 35.8 Å². The molecule has 2 unspecified atom stereocenters. The van der Waals surface area contributed by atoms with E-state index in [1.54, 1.807) is 0 Å². The topological polar surface area (TPSA) is 18.1 Å². The Morgan fingerprint density at radius 1 is 0.603 bits per heavy atom. The van der Waals surface area contributed by atoms with Crippen LogP contribution in [0.5, 0.6) is 0 Å². The molecule has 0 fully saturated rings. The Morgan fingerprint density at radius 3 is 2.31 bits per heavy atom. The Bertz CT molecular complexity index is 3350. The fraction of sp³-hybridized carbons (Fsp3) is 0.0909. The van der Waals surface area contributed by atoms with Crippen molar-refractivity contribution in [1.82, 2.24) is 4.57 Å². The van der Waals surface area contributed by atoms with Gasteiger partial charge in [0.25, 0.3) is 0 Å². The van der Waals surface area contributed by atoms with Gasteiger partial charge in [-0.05, 0) is 117 Å². The minimum atomic E-state index is -0.366. The van der Waals surface area contributed by atoms with Crippen LogP contribution >= 0.6 is 11.8 Å². The zero-order valence-corrected chi connectivity index (χ0v) is 32.6. The number of nitrogens with zero attached hydrogens (tertiary/aromatic N) is 1. The van der Waals surface area contributed by atoms with Crippen molar-refractivity contribution < 1.29 is 4.42 Å². The summed E-state index contributed by atoms with van der Waals surface area (Å²) < 4.78 is 8.92. The van der Waals surface area contributed by atoms with Gasteiger partial charge < -0.3 is 8.98 Å². The second-order valence-corrected chi connectivity index (χ2v) is 17.2. The van der Waals surface area contributed by atoms with Gasteiger partial charge in [0.15, 0.2) is 0 Å². The van der Waals surface area contributed by atoms with E-state index < -0.39 is 0 Å². The summed E-state index contributed by atoms with van der Waals surface area (Å²) in [6.45, 7) is 0. The molecule has 0 bridgehead atoms. The van der Waals surface area contributed by atoms with Crippen LogP contribution in [0.4, 0.5) is 0 Å². The molecule has 274 valence electrons. The van der Waals surface area contributed by atoms with Gasteiger partial charge in [-0.15, -0.1) is 0 Å². The SMILES string of the molecule is C1=CC(C2(c3ccccc3)c3ccccc3-c3c(C4=CCC5C(=C4)Sc4cccc(-n6c7ccccc7c7c8c(ccc76)oc6ccccc68)c45)cccc32)=CCC1. The number of para-hydroxylation sites is 2. The highest BCUT2D eigenvalue weighted by Crippen LogP contribution is 2.60. The molecule has 58 heavy (non-hydrogen) atoms. The van der Waals surface area contributed by atoms with Gasteiger partial charge in [0.2, 0.25) is 0 Å². The average molecular weight is 760 g/mol. The van der Waals surface area contributed by atoms with Gasteiger partial charge in [-0.3, -0.25) is 0 Å². The minimum absolute atomic E-state index is 0.291. The molecule has 0 N–H and O–H groups in total. The van der Waals surface area contributed by atoms with Crippen LogP contribution < -0.4 is 0 Å². The van der Waals surface area contributed by atoms with Crippen LogP contribution in [0.3, 0.4) is 0 Å². The molecule has 0 saturated heterocycles. The van der Waals surface area contributed by atoms with E-state index in [4.69, 9.17) is 4.42 Å². The molecular formula is C55H37NOS. The van der Waals surface area contributed by atoms with Crippen molar-refractivity contribution >= 4 is 61.1 Å². The summed E-state index contributed by atoms with van der Waals surface area (Å²) in [4.78, 5) is 2.78. The van der Waals surface area contributed by atoms with Gasteiger partial charge in [0.05, 0.1) is 22.1 Å². The standard InChI is InChI=1S/C55H37NOS/c1-3-15-35(16-4-1)55(36-17-5-2-6-18-36)42-23-10-7-19-38(42)51-37(22-13-24-43(51)55)34-29-30-41-50(33-34)58-49-28-14-26-45(52(41)49)56-44-25-11-8-20-39(44)53-46(56)31-32-48-54(53)40-21-9-12-27-47(40)57-48/h1,3-5,7-29,31-33,41H,2,6,30H2. The zero-order chi connectivity index (χ0) is 38.0. The van der Waals surface area contributed by atoms with Gasteiger partial charge in [-0.2, -0.15) is 0 Å². The minimum Gasteiger partial charge on any atom is -0.456 e. The number of thioether (sulfide) groups is 1. The van der Waals surface area contributed by atoms with Crippen molar-refractivity contribution in [2.45, 2.75) is 35.5 Å². The van der Waals surface area contributed by atoms with Crippen LogP contribution in [0.25, 0.3) is 66.1 Å². The van der Waals surface area contributed by atoms with Gasteiger partial charge in [0.1, 0.15) is 11.2 Å². The fourth-order valence-electron chi connectivity index (χ4n) is 11.0. The van der Waals surface area contributed by atoms with Crippen molar-refractivity contribution in [2.24, 2.45) is 0 Å². The molecule has 3 heterocycles. The first-order valence-electron chi connectivity index (χ1n) is 20.5. The molecule has 9 aromatic rings. The van der Waals surface area contributed by atoms with E-state index in [0.29, 0.717) is 5.92 Å². The van der Waals surface area contributed by atoms with Gasteiger partial charge in [0, 0.05) is 32.4 Å². The Balaban J connectivity index is 0.970. The van der Waals surface area contributed by atoms with Crippen molar-refractivity contribution in [3.63, 3.8) is 0 Å². The summed E-state index contributed by atoms with van der Waals surface area (Å²) in [7, 11) is 0. The molecule has 7 aromatic carbocycles. The van der Waals surface area contributed by atoms with Gasteiger partial charge in [-0.25, -0.2) is 0 Å². The Hall–Kier alpha value is -6.55. The lowest BCUT2D eigenvalue weighted by molar-refractivity contribution is 0.669. The number of aromatic nitrogens is 1. The van der Waals surface area contributed by atoms with E-state index in [2.05, 4.69) is 187 Å². The number of allylic oxidation sites excluding steroid dienone is 8. The van der Waals surface area contributed by atoms with Gasteiger partial charge in [-0.1, -0.05) is 151 Å². The fourth-order valence-corrected chi connectivity index (χ4v) is 12.3. The molecule has 0 saturated carbocycles. The summed E-state index contributed by atoms with van der Waals surface area (Å²) in [5.74, 6) is 0.291. The van der Waals surface area contributed by atoms with E-state index in [1.165, 1.54) is 92.8 Å². The van der Waals surface area contributed by atoms with Gasteiger partial charge >= 0.3 is 0 Å². The summed E-state index contributed by atoms with van der Waals surface area (Å²) in [5, 5.41) is 4.87. The maximum Gasteiger partial charge on any atom is 0.136 e. The number of furan rings is 1. The summed E-state index contributed by atoms with van der Waals surface area (Å²) in [5.41, 5.74) is 17.5. The third-order valence-corrected chi connectivity index (χ3v) is 14.5. The molecule has 13 rings (SSSR count). The van der Waals surface area contributed by atoms with Crippen LogP contribution in [0.1, 0.15) is 53.0 Å². The Labute approximate surface area is 341 Å². The molecular weight excluding hydrogens is 723 g/mol. The predicted molar refractivity (Wildman–Crippen MR) is 242 cm³/mol. The van der Waals surface area contributed by atoms with Crippen LogP contribution in [0.15, 0.2) is 202 Å². The first-order valence-corrected chi connectivity index (χ1v) is 21.3. The third-order valence-electron chi connectivity index (χ3n) is 13.3. The maximum atomic E-state index is 6.40. The number of benzene rings is 7. The Kier molecular flexibility index (Phi) is 6.86. The first kappa shape index (κ1) is 32.5.